The van der Waals surface area contributed by atoms with Gasteiger partial charge in [0.15, 0.2) is 11.8 Å². The topological polar surface area (TPSA) is 84.9 Å². The van der Waals surface area contributed by atoms with Crippen molar-refractivity contribution < 1.29 is 23.4 Å². The molecule has 7 aromatic rings. The molecule has 0 radical (unpaired) electrons. The number of nitrogens with zero attached hydrogens (tertiary/aromatic N) is 1. The molecule has 0 spiro atoms. The second kappa shape index (κ2) is 17.0. The summed E-state index contributed by atoms with van der Waals surface area (Å²) in [5, 5.41) is 4.23. The van der Waals surface area contributed by atoms with Crippen LogP contribution in [-0.2, 0) is 29.0 Å². The van der Waals surface area contributed by atoms with Crippen LogP contribution in [0.5, 0.6) is 0 Å². The Morgan fingerprint density at radius 2 is 0.983 bits per heavy atom. The van der Waals surface area contributed by atoms with Crippen molar-refractivity contribution in [3.05, 3.63) is 252 Å². The SMILES string of the molecule is O=C(OC(c1ccccc1)c1ccccc1)C1=C(OP(=O)(c2ccccc2)c2ccccc2)CS[C@@H]2[C@H](NC(c3ccccc3)(c3ccccc3)c3ccccc3)C(=O)N12. The first-order valence-corrected chi connectivity index (χ1v) is 22.5. The molecular weight excluding hydrogens is 784 g/mol. The van der Waals surface area contributed by atoms with Crippen molar-refractivity contribution in [3.8, 4) is 0 Å². The molecule has 296 valence electrons. The molecule has 7 nitrogen and oxygen atoms in total. The molecule has 2 aliphatic heterocycles. The van der Waals surface area contributed by atoms with Crippen molar-refractivity contribution in [2.75, 3.05) is 5.75 Å². The van der Waals surface area contributed by atoms with E-state index in [9.17, 15) is 0 Å². The zero-order chi connectivity index (χ0) is 40.9. The Hall–Kier alpha value is -6.44. The molecule has 9 heteroatoms. The first-order chi connectivity index (χ1) is 29.5. The second-order valence-corrected chi connectivity index (χ2v) is 18.0. The van der Waals surface area contributed by atoms with Crippen LogP contribution in [0.25, 0.3) is 0 Å². The predicted octanol–water partition coefficient (Wildman–Crippen LogP) is 9.34. The van der Waals surface area contributed by atoms with E-state index < -0.39 is 36.4 Å². The number of carbonyl (C=O) groups is 2. The van der Waals surface area contributed by atoms with Gasteiger partial charge in [0.1, 0.15) is 17.2 Å². The van der Waals surface area contributed by atoms with Crippen LogP contribution in [0.1, 0.15) is 33.9 Å². The molecule has 60 heavy (non-hydrogen) atoms. The van der Waals surface area contributed by atoms with Crippen molar-refractivity contribution in [2.24, 2.45) is 0 Å². The zero-order valence-corrected chi connectivity index (χ0v) is 34.2. The summed E-state index contributed by atoms with van der Waals surface area (Å²) in [4.78, 5) is 31.6. The van der Waals surface area contributed by atoms with Gasteiger partial charge in [0.05, 0.1) is 21.9 Å². The Labute approximate surface area is 354 Å². The molecule has 0 aliphatic carbocycles. The van der Waals surface area contributed by atoms with Gasteiger partial charge in [-0.05, 0) is 52.1 Å². The molecule has 0 unspecified atom stereocenters. The van der Waals surface area contributed by atoms with Crippen LogP contribution in [0.15, 0.2) is 224 Å². The summed E-state index contributed by atoms with van der Waals surface area (Å²) in [6, 6.07) is 66.5. The molecule has 1 saturated heterocycles. The van der Waals surface area contributed by atoms with E-state index in [0.29, 0.717) is 10.6 Å². The van der Waals surface area contributed by atoms with Crippen molar-refractivity contribution >= 4 is 41.6 Å². The third-order valence-electron chi connectivity index (χ3n) is 11.0. The minimum absolute atomic E-state index is 0.0597. The largest absolute Gasteiger partial charge is 0.448 e. The number of rotatable bonds is 13. The molecule has 9 rings (SSSR count). The Kier molecular flexibility index (Phi) is 11.1. The molecule has 1 N–H and O–H groups in total. The molecule has 0 saturated carbocycles. The number of hydrogen-bond donors (Lipinski definition) is 1. The standard InChI is InChI=1S/C51H41N2O5PS/c54-48-45(52-51(39-26-12-3-13-27-39,40-28-14-4-15-29-40)41-30-16-5-17-31-41)49-53(48)46(50(55)57-47(37-22-8-1-9-23-37)38-24-10-2-11-25-38)44(36-60-49)58-59(56,42-32-18-6-19-33-42)43-34-20-7-21-35-43/h1-35,45,47,49,52H,36H2/t45-,49-/m1/s1. The van der Waals surface area contributed by atoms with E-state index in [2.05, 4.69) is 41.7 Å². The average Bonchev–Trinajstić information content (AvgIpc) is 3.33. The number of thioether (sulfide) groups is 1. The number of fused-ring (bicyclic) bond motifs is 1. The maximum absolute atomic E-state index is 15.4. The van der Waals surface area contributed by atoms with E-state index in [1.165, 1.54) is 16.7 Å². The number of hydrogen-bond acceptors (Lipinski definition) is 7. The maximum Gasteiger partial charge on any atom is 0.359 e. The summed E-state index contributed by atoms with van der Waals surface area (Å²) in [5.41, 5.74) is 3.37. The van der Waals surface area contributed by atoms with E-state index in [1.54, 1.807) is 24.3 Å². The number of ether oxygens (including phenoxy) is 1. The first-order valence-electron chi connectivity index (χ1n) is 19.8. The number of amides is 1. The van der Waals surface area contributed by atoms with Gasteiger partial charge in [0.25, 0.3) is 0 Å². The van der Waals surface area contributed by atoms with Crippen molar-refractivity contribution in [1.29, 1.82) is 0 Å². The molecule has 2 heterocycles. The van der Waals surface area contributed by atoms with Gasteiger partial charge in [-0.15, -0.1) is 11.8 Å². The van der Waals surface area contributed by atoms with Gasteiger partial charge in [-0.3, -0.25) is 19.6 Å². The average molecular weight is 825 g/mol. The molecule has 7 aromatic carbocycles. The third kappa shape index (κ3) is 7.28. The maximum atomic E-state index is 15.4. The van der Waals surface area contributed by atoms with Gasteiger partial charge >= 0.3 is 13.3 Å². The first kappa shape index (κ1) is 39.0. The Bertz CT molecular complexity index is 2470. The van der Waals surface area contributed by atoms with Crippen LogP contribution in [0.2, 0.25) is 0 Å². The van der Waals surface area contributed by atoms with E-state index >= 15 is 14.2 Å². The zero-order valence-electron chi connectivity index (χ0n) is 32.5. The normalized spacial score (nSPS) is 16.5. The van der Waals surface area contributed by atoms with Gasteiger partial charge in [0.2, 0.25) is 5.91 Å². The fraction of sp³-hybridized carbons (Fsp3) is 0.0980. The van der Waals surface area contributed by atoms with Crippen LogP contribution in [0.3, 0.4) is 0 Å². The lowest BCUT2D eigenvalue weighted by Crippen LogP contribution is -2.72. The fourth-order valence-electron chi connectivity index (χ4n) is 8.10. The Morgan fingerprint density at radius 1 is 0.600 bits per heavy atom. The number of carbonyl (C=O) groups excluding carboxylic acids is 2. The fourth-order valence-corrected chi connectivity index (χ4v) is 11.5. The minimum Gasteiger partial charge on any atom is -0.448 e. The van der Waals surface area contributed by atoms with Gasteiger partial charge < -0.3 is 9.26 Å². The molecule has 1 fully saturated rings. The van der Waals surface area contributed by atoms with E-state index in [-0.39, 0.29) is 23.1 Å². The van der Waals surface area contributed by atoms with E-state index in [0.717, 1.165) is 27.8 Å². The smallest absolute Gasteiger partial charge is 0.359 e. The summed E-state index contributed by atoms with van der Waals surface area (Å²) in [6.45, 7) is 0. The van der Waals surface area contributed by atoms with Crippen LogP contribution in [-0.4, -0.2) is 33.9 Å². The van der Waals surface area contributed by atoms with Gasteiger partial charge in [-0.25, -0.2) is 4.79 Å². The number of esters is 1. The molecule has 2 atom stereocenters. The summed E-state index contributed by atoms with van der Waals surface area (Å²) in [5.74, 6) is -0.827. The van der Waals surface area contributed by atoms with Crippen molar-refractivity contribution in [1.82, 2.24) is 10.2 Å². The van der Waals surface area contributed by atoms with Crippen LogP contribution >= 0.6 is 19.1 Å². The number of β-lactam (4-membered cyclic amide) rings is 1. The Balaban J connectivity index is 1.16. The Morgan fingerprint density at radius 3 is 1.40 bits per heavy atom. The highest BCUT2D eigenvalue weighted by atomic mass is 32.2. The van der Waals surface area contributed by atoms with Gasteiger partial charge in [0, 0.05) is 0 Å². The molecular formula is C51H41N2O5PS. The lowest BCUT2D eigenvalue weighted by molar-refractivity contribution is -0.154. The molecule has 0 bridgehead atoms. The summed E-state index contributed by atoms with van der Waals surface area (Å²) < 4.78 is 28.6. The lowest BCUT2D eigenvalue weighted by Gasteiger charge is -2.53. The van der Waals surface area contributed by atoms with Crippen LogP contribution < -0.4 is 15.9 Å². The molecule has 1 amide bonds. The summed E-state index contributed by atoms with van der Waals surface area (Å²) in [7, 11) is -3.86. The lowest BCUT2D eigenvalue weighted by atomic mass is 9.76. The number of nitrogens with one attached hydrogen (secondary N) is 1. The predicted molar refractivity (Wildman–Crippen MR) is 238 cm³/mol. The highest BCUT2D eigenvalue weighted by Crippen LogP contribution is 2.52. The molecule has 2 aliphatic rings. The molecule has 0 aromatic heterocycles. The monoisotopic (exact) mass is 824 g/mol. The van der Waals surface area contributed by atoms with Gasteiger partial charge in [-0.2, -0.15) is 0 Å². The summed E-state index contributed by atoms with van der Waals surface area (Å²) in [6.07, 6.45) is -0.802. The highest BCUT2D eigenvalue weighted by molar-refractivity contribution is 8.00. The highest BCUT2D eigenvalue weighted by Gasteiger charge is 2.58. The third-order valence-corrected chi connectivity index (χ3v) is 14.7. The second-order valence-electron chi connectivity index (χ2n) is 14.6. The van der Waals surface area contributed by atoms with E-state index in [1.807, 2.05) is 152 Å². The van der Waals surface area contributed by atoms with Crippen molar-refractivity contribution in [3.63, 3.8) is 0 Å². The van der Waals surface area contributed by atoms with Crippen LogP contribution in [0, 0.1) is 0 Å². The van der Waals surface area contributed by atoms with Crippen molar-refractivity contribution in [2.45, 2.75) is 23.1 Å². The van der Waals surface area contributed by atoms with E-state index in [4.69, 9.17) is 9.26 Å². The minimum atomic E-state index is -3.86. The van der Waals surface area contributed by atoms with Crippen LogP contribution in [0.4, 0.5) is 0 Å². The number of benzene rings is 7. The summed E-state index contributed by atoms with van der Waals surface area (Å²) >= 11 is 1.45. The quantitative estimate of drug-likeness (QED) is 0.0537. The van der Waals surface area contributed by atoms with Gasteiger partial charge in [-0.1, -0.05) is 188 Å².